The third kappa shape index (κ3) is 6.93. The van der Waals surface area contributed by atoms with Gasteiger partial charge in [-0.1, -0.05) is 12.1 Å². The van der Waals surface area contributed by atoms with E-state index in [0.717, 1.165) is 49.2 Å². The molecule has 2 aliphatic heterocycles. The number of ether oxygens (including phenoxy) is 4. The number of rotatable bonds is 8. The van der Waals surface area contributed by atoms with Gasteiger partial charge in [0.1, 0.15) is 11.9 Å². The van der Waals surface area contributed by atoms with Gasteiger partial charge in [-0.2, -0.15) is 0 Å². The second-order valence-corrected chi connectivity index (χ2v) is 9.85. The number of likely N-dealkylation sites (tertiary alicyclic amines) is 1. The van der Waals surface area contributed by atoms with Crippen LogP contribution < -0.4 is 19.9 Å². The van der Waals surface area contributed by atoms with Gasteiger partial charge in [0.2, 0.25) is 6.10 Å². The van der Waals surface area contributed by atoms with Crippen LogP contribution in [-0.4, -0.2) is 73.6 Å². The summed E-state index contributed by atoms with van der Waals surface area (Å²) in [4.78, 5) is 16.9. The lowest BCUT2D eigenvalue weighted by Gasteiger charge is -2.32. The molecule has 1 atom stereocenters. The summed E-state index contributed by atoms with van der Waals surface area (Å²) < 4.78 is 23.5. The van der Waals surface area contributed by atoms with Crippen molar-refractivity contribution in [1.82, 2.24) is 9.80 Å². The zero-order valence-corrected chi connectivity index (χ0v) is 23.0. The zero-order chi connectivity index (χ0) is 27.9. The van der Waals surface area contributed by atoms with Gasteiger partial charge < -0.3 is 34.5 Å². The molecule has 4 N–H and O–H groups in total. The van der Waals surface area contributed by atoms with Crippen LogP contribution in [0.2, 0.25) is 0 Å². The van der Waals surface area contributed by atoms with Crippen LogP contribution in [0.15, 0.2) is 36.4 Å². The van der Waals surface area contributed by atoms with E-state index in [0.29, 0.717) is 42.4 Å². The maximum absolute atomic E-state index is 13.0. The summed E-state index contributed by atoms with van der Waals surface area (Å²) in [6.45, 7) is 6.73. The van der Waals surface area contributed by atoms with Crippen molar-refractivity contribution in [3.63, 3.8) is 0 Å². The molecular weight excluding hydrogens is 498 g/mol. The number of nitrogens with zero attached hydrogens (tertiary/aromatic N) is 2. The second-order valence-electron chi connectivity index (χ2n) is 9.85. The Hall–Kier alpha value is -3.95. The smallest absolute Gasteiger partial charge is 0.352 e. The monoisotopic (exact) mass is 537 g/mol. The van der Waals surface area contributed by atoms with Crippen LogP contribution >= 0.6 is 0 Å². The van der Waals surface area contributed by atoms with Crippen LogP contribution in [0.1, 0.15) is 49.5 Å². The molecule has 1 unspecified atom stereocenters. The number of hydrogen-bond donors (Lipinski definition) is 3. The van der Waals surface area contributed by atoms with E-state index in [4.69, 9.17) is 35.5 Å². The quantitative estimate of drug-likeness (QED) is 0.265. The summed E-state index contributed by atoms with van der Waals surface area (Å²) in [5.41, 5.74) is 8.55. The minimum Gasteiger partial charge on any atom is -0.493 e. The molecule has 2 aromatic rings. The van der Waals surface area contributed by atoms with Gasteiger partial charge in [0.05, 0.1) is 19.6 Å². The number of nitrogens with one attached hydrogen (secondary N) is 2. The topological polar surface area (TPSA) is 134 Å². The molecule has 0 bridgehead atoms. The number of amidine groups is 1. The lowest BCUT2D eigenvalue weighted by atomic mass is 10.0. The fourth-order valence-electron chi connectivity index (χ4n) is 5.04. The van der Waals surface area contributed by atoms with Crippen molar-refractivity contribution in [2.75, 3.05) is 39.9 Å². The maximum atomic E-state index is 13.0. The van der Waals surface area contributed by atoms with Crippen molar-refractivity contribution in [3.05, 3.63) is 53.1 Å². The first-order valence-electron chi connectivity index (χ1n) is 13.5. The number of guanidine groups is 1. The van der Waals surface area contributed by atoms with Crippen LogP contribution in [0.25, 0.3) is 0 Å². The molecule has 0 aliphatic carbocycles. The molecule has 0 saturated carbocycles. The molecule has 2 heterocycles. The Labute approximate surface area is 230 Å². The average Bonchev–Trinajstić information content (AvgIpc) is 3.14. The van der Waals surface area contributed by atoms with Crippen LogP contribution in [0.5, 0.6) is 17.2 Å². The van der Waals surface area contributed by atoms with Gasteiger partial charge in [-0.25, -0.2) is 4.79 Å². The number of fused-ring (bicyclic) bond motifs is 1. The first kappa shape index (κ1) is 28.1. The Bertz CT molecular complexity index is 1180. The molecule has 2 aliphatic rings. The Kier molecular flexibility index (Phi) is 9.16. The predicted octanol–water partition coefficient (Wildman–Crippen LogP) is 3.51. The summed E-state index contributed by atoms with van der Waals surface area (Å²) in [5.74, 6) is 1.88. The van der Waals surface area contributed by atoms with Crippen LogP contribution in [0.3, 0.4) is 0 Å². The second kappa shape index (κ2) is 12.7. The standard InChI is InChI=1S/C29H39N5O5/c1-4-37-28(35)27(20-5-7-23(8-6-20)38-24-11-15-33(16-12-24)19(2)30)39-26-18-22-10-14-34(29(31)32)13-9-21(22)17-25(26)36-3/h5-8,17-18,24,27,30H,4,9-16H2,1-3H3,(H3,31,32). The van der Waals surface area contributed by atoms with Gasteiger partial charge in [-0.3, -0.25) is 10.8 Å². The van der Waals surface area contributed by atoms with E-state index in [-0.39, 0.29) is 18.7 Å². The minimum absolute atomic E-state index is 0.0629. The highest BCUT2D eigenvalue weighted by molar-refractivity contribution is 5.77. The molecule has 1 saturated heterocycles. The number of benzene rings is 2. The van der Waals surface area contributed by atoms with Crippen molar-refractivity contribution in [2.45, 2.75) is 51.7 Å². The molecule has 210 valence electrons. The Morgan fingerprint density at radius 2 is 1.62 bits per heavy atom. The average molecular weight is 538 g/mol. The normalized spacial score (nSPS) is 16.5. The Morgan fingerprint density at radius 1 is 1.00 bits per heavy atom. The van der Waals surface area contributed by atoms with Gasteiger partial charge in [-0.15, -0.1) is 0 Å². The van der Waals surface area contributed by atoms with Crippen LogP contribution in [0.4, 0.5) is 0 Å². The molecule has 1 fully saturated rings. The summed E-state index contributed by atoms with van der Waals surface area (Å²) in [6, 6.07) is 11.2. The Morgan fingerprint density at radius 3 is 2.15 bits per heavy atom. The van der Waals surface area contributed by atoms with Gasteiger partial charge in [0, 0.05) is 44.6 Å². The SMILES string of the molecule is CCOC(=O)C(Oc1cc2c(cc1OC)CCN(C(=N)N)CC2)c1ccc(OC2CCN(C(C)=N)CC2)cc1. The molecule has 0 aromatic heterocycles. The van der Waals surface area contributed by atoms with E-state index < -0.39 is 12.1 Å². The molecule has 10 nitrogen and oxygen atoms in total. The van der Waals surface area contributed by atoms with E-state index in [2.05, 4.69) is 4.90 Å². The first-order chi connectivity index (χ1) is 18.8. The van der Waals surface area contributed by atoms with E-state index in [1.807, 2.05) is 48.2 Å². The lowest BCUT2D eigenvalue weighted by Crippen LogP contribution is -2.40. The fraction of sp³-hybridized carbons (Fsp3) is 0.483. The number of carbonyl (C=O) groups is 1. The molecule has 0 spiro atoms. The lowest BCUT2D eigenvalue weighted by molar-refractivity contribution is -0.151. The largest absolute Gasteiger partial charge is 0.493 e. The number of esters is 1. The number of hydrogen-bond acceptors (Lipinski definition) is 7. The summed E-state index contributed by atoms with van der Waals surface area (Å²) >= 11 is 0. The number of nitrogens with two attached hydrogens (primary N) is 1. The van der Waals surface area contributed by atoms with Crippen molar-refractivity contribution in [1.29, 1.82) is 10.8 Å². The van der Waals surface area contributed by atoms with E-state index in [1.165, 1.54) is 0 Å². The predicted molar refractivity (Wildman–Crippen MR) is 149 cm³/mol. The van der Waals surface area contributed by atoms with E-state index in [9.17, 15) is 4.79 Å². The minimum atomic E-state index is -0.982. The zero-order valence-electron chi connectivity index (χ0n) is 23.0. The van der Waals surface area contributed by atoms with E-state index >= 15 is 0 Å². The molecule has 10 heteroatoms. The third-order valence-corrected chi connectivity index (χ3v) is 7.28. The van der Waals surface area contributed by atoms with Crippen LogP contribution in [-0.2, 0) is 22.4 Å². The number of carbonyl (C=O) groups excluding carboxylic acids is 1. The van der Waals surface area contributed by atoms with Gasteiger partial charge >= 0.3 is 5.97 Å². The van der Waals surface area contributed by atoms with Crippen molar-refractivity contribution in [2.24, 2.45) is 5.73 Å². The summed E-state index contributed by atoms with van der Waals surface area (Å²) in [7, 11) is 1.58. The highest BCUT2D eigenvalue weighted by Gasteiger charge is 2.28. The maximum Gasteiger partial charge on any atom is 0.352 e. The molecule has 2 aromatic carbocycles. The van der Waals surface area contributed by atoms with Crippen molar-refractivity contribution < 1.29 is 23.7 Å². The molecule has 39 heavy (non-hydrogen) atoms. The van der Waals surface area contributed by atoms with Crippen LogP contribution in [0, 0.1) is 10.8 Å². The van der Waals surface area contributed by atoms with E-state index in [1.54, 1.807) is 14.0 Å². The van der Waals surface area contributed by atoms with Gasteiger partial charge in [0.15, 0.2) is 17.5 Å². The van der Waals surface area contributed by atoms with Crippen molar-refractivity contribution in [3.8, 4) is 17.2 Å². The molecule has 0 amide bonds. The third-order valence-electron chi connectivity index (χ3n) is 7.28. The molecule has 0 radical (unpaired) electrons. The van der Waals surface area contributed by atoms with Crippen molar-refractivity contribution >= 4 is 17.8 Å². The fourth-order valence-corrected chi connectivity index (χ4v) is 5.04. The van der Waals surface area contributed by atoms with Gasteiger partial charge in [0.25, 0.3) is 0 Å². The highest BCUT2D eigenvalue weighted by atomic mass is 16.6. The number of methoxy groups -OCH3 is 1. The number of piperidine rings is 1. The Balaban J connectivity index is 1.51. The highest BCUT2D eigenvalue weighted by Crippen LogP contribution is 2.36. The van der Waals surface area contributed by atoms with Gasteiger partial charge in [-0.05, 0) is 62.1 Å². The summed E-state index contributed by atoms with van der Waals surface area (Å²) in [6.07, 6.45) is 2.25. The summed E-state index contributed by atoms with van der Waals surface area (Å²) in [5, 5.41) is 15.6. The molecular formula is C29H39N5O5. The molecule has 4 rings (SSSR count). The first-order valence-corrected chi connectivity index (χ1v) is 13.5.